The first-order valence-corrected chi connectivity index (χ1v) is 5.39. The van der Waals surface area contributed by atoms with Gasteiger partial charge in [0.15, 0.2) is 0 Å². The molecule has 0 bridgehead atoms. The second-order valence-corrected chi connectivity index (χ2v) is 3.71. The zero-order chi connectivity index (χ0) is 12.6. The van der Waals surface area contributed by atoms with Gasteiger partial charge in [-0.15, -0.1) is 0 Å². The highest BCUT2D eigenvalue weighted by atomic mass is 19.4. The van der Waals surface area contributed by atoms with Gasteiger partial charge in [-0.25, -0.2) is 0 Å². The largest absolute Gasteiger partial charge is 0.480 e. The Morgan fingerprint density at radius 2 is 2.00 bits per heavy atom. The lowest BCUT2D eigenvalue weighted by Gasteiger charge is -2.13. The molecule has 0 spiro atoms. The maximum atomic E-state index is 11.8. The summed E-state index contributed by atoms with van der Waals surface area (Å²) in [5, 5.41) is 11.5. The lowest BCUT2D eigenvalue weighted by atomic mass is 10.1. The van der Waals surface area contributed by atoms with Crippen molar-refractivity contribution in [3.63, 3.8) is 0 Å². The SMILES string of the molecule is CCCC(NCCCCC(F)(F)F)C(=O)O. The molecule has 1 unspecified atom stereocenters. The molecule has 0 aromatic rings. The molecule has 0 aromatic heterocycles. The first kappa shape index (κ1) is 15.2. The van der Waals surface area contributed by atoms with Crippen LogP contribution in [0.25, 0.3) is 0 Å². The highest BCUT2D eigenvalue weighted by Crippen LogP contribution is 2.21. The molecule has 0 aliphatic carbocycles. The van der Waals surface area contributed by atoms with Crippen molar-refractivity contribution < 1.29 is 23.1 Å². The van der Waals surface area contributed by atoms with Crippen LogP contribution < -0.4 is 5.32 Å². The van der Waals surface area contributed by atoms with Crippen LogP contribution in [0.15, 0.2) is 0 Å². The highest BCUT2D eigenvalue weighted by Gasteiger charge is 2.25. The summed E-state index contributed by atoms with van der Waals surface area (Å²) in [7, 11) is 0. The van der Waals surface area contributed by atoms with Crippen molar-refractivity contribution >= 4 is 5.97 Å². The van der Waals surface area contributed by atoms with Gasteiger partial charge in [0.05, 0.1) is 0 Å². The summed E-state index contributed by atoms with van der Waals surface area (Å²) >= 11 is 0. The Morgan fingerprint density at radius 3 is 2.44 bits per heavy atom. The van der Waals surface area contributed by atoms with Crippen molar-refractivity contribution in [2.75, 3.05) is 6.54 Å². The third-order valence-corrected chi connectivity index (χ3v) is 2.15. The van der Waals surface area contributed by atoms with E-state index in [0.717, 1.165) is 6.42 Å². The summed E-state index contributed by atoms with van der Waals surface area (Å²) < 4.78 is 35.3. The lowest BCUT2D eigenvalue weighted by molar-refractivity contribution is -0.140. The Morgan fingerprint density at radius 1 is 1.38 bits per heavy atom. The van der Waals surface area contributed by atoms with Crippen molar-refractivity contribution in [3.8, 4) is 0 Å². The van der Waals surface area contributed by atoms with E-state index in [0.29, 0.717) is 19.4 Å². The Bertz CT molecular complexity index is 207. The second kappa shape index (κ2) is 7.49. The number of halogens is 3. The lowest BCUT2D eigenvalue weighted by Crippen LogP contribution is -2.37. The van der Waals surface area contributed by atoms with Gasteiger partial charge in [-0.05, 0) is 25.8 Å². The molecule has 3 nitrogen and oxygen atoms in total. The third kappa shape index (κ3) is 8.52. The molecule has 6 heteroatoms. The molecular weight excluding hydrogens is 223 g/mol. The van der Waals surface area contributed by atoms with E-state index in [-0.39, 0.29) is 6.42 Å². The minimum atomic E-state index is -4.12. The minimum Gasteiger partial charge on any atom is -0.480 e. The van der Waals surface area contributed by atoms with Crippen molar-refractivity contribution in [2.45, 2.75) is 51.2 Å². The van der Waals surface area contributed by atoms with Crippen LogP contribution in [0.2, 0.25) is 0 Å². The fourth-order valence-electron chi connectivity index (χ4n) is 1.33. The number of aliphatic carboxylic acids is 1. The fraction of sp³-hybridized carbons (Fsp3) is 0.900. The molecule has 2 N–H and O–H groups in total. The average molecular weight is 241 g/mol. The molecule has 1 atom stereocenters. The molecule has 0 aliphatic rings. The Kier molecular flexibility index (Phi) is 7.12. The Labute approximate surface area is 93.0 Å². The van der Waals surface area contributed by atoms with Crippen LogP contribution in [0.1, 0.15) is 39.0 Å². The van der Waals surface area contributed by atoms with E-state index in [1.807, 2.05) is 6.92 Å². The maximum absolute atomic E-state index is 11.8. The zero-order valence-corrected chi connectivity index (χ0v) is 9.31. The molecule has 0 amide bonds. The summed E-state index contributed by atoms with van der Waals surface area (Å²) in [6, 6.07) is -0.643. The maximum Gasteiger partial charge on any atom is 0.389 e. The van der Waals surface area contributed by atoms with Gasteiger partial charge in [-0.3, -0.25) is 4.79 Å². The van der Waals surface area contributed by atoms with Crippen LogP contribution in [0.5, 0.6) is 0 Å². The summed E-state index contributed by atoms with van der Waals surface area (Å²) in [6.07, 6.45) is -3.32. The number of carbonyl (C=O) groups is 1. The van der Waals surface area contributed by atoms with Gasteiger partial charge in [0.1, 0.15) is 6.04 Å². The van der Waals surface area contributed by atoms with Crippen molar-refractivity contribution in [2.24, 2.45) is 0 Å². The summed E-state index contributed by atoms with van der Waals surface area (Å²) in [6.45, 7) is 2.17. The number of rotatable bonds is 8. The number of carboxylic acids is 1. The van der Waals surface area contributed by atoms with Crippen LogP contribution in [0, 0.1) is 0 Å². The number of hydrogen-bond acceptors (Lipinski definition) is 2. The molecule has 0 aliphatic heterocycles. The quantitative estimate of drug-likeness (QED) is 0.642. The summed E-state index contributed by atoms with van der Waals surface area (Å²) in [4.78, 5) is 10.7. The van der Waals surface area contributed by atoms with Crippen molar-refractivity contribution in [1.29, 1.82) is 0 Å². The van der Waals surface area contributed by atoms with Gasteiger partial charge in [0.2, 0.25) is 0 Å². The predicted molar refractivity (Wildman–Crippen MR) is 54.2 cm³/mol. The molecule has 96 valence electrons. The normalized spacial score (nSPS) is 13.8. The second-order valence-electron chi connectivity index (χ2n) is 3.71. The van der Waals surface area contributed by atoms with E-state index in [4.69, 9.17) is 5.11 Å². The molecule has 0 heterocycles. The molecule has 0 rings (SSSR count). The van der Waals surface area contributed by atoms with E-state index in [1.165, 1.54) is 0 Å². The molecule has 0 radical (unpaired) electrons. The van der Waals surface area contributed by atoms with Crippen LogP contribution in [0.3, 0.4) is 0 Å². The molecule has 16 heavy (non-hydrogen) atoms. The minimum absolute atomic E-state index is 0.0367. The van der Waals surface area contributed by atoms with Gasteiger partial charge < -0.3 is 10.4 Å². The topological polar surface area (TPSA) is 49.3 Å². The standard InChI is InChI=1S/C10H18F3NO2/c1-2-5-8(9(15)16)14-7-4-3-6-10(11,12)13/h8,14H,2-7H2,1H3,(H,15,16). The van der Waals surface area contributed by atoms with Crippen LogP contribution >= 0.6 is 0 Å². The van der Waals surface area contributed by atoms with Crippen molar-refractivity contribution in [1.82, 2.24) is 5.32 Å². The van der Waals surface area contributed by atoms with Crippen LogP contribution in [-0.2, 0) is 4.79 Å². The van der Waals surface area contributed by atoms with E-state index in [1.54, 1.807) is 0 Å². The van der Waals surface area contributed by atoms with Crippen LogP contribution in [0.4, 0.5) is 13.2 Å². The first-order valence-electron chi connectivity index (χ1n) is 5.39. The number of carboxylic acid groups (broad SMARTS) is 1. The number of hydrogen-bond donors (Lipinski definition) is 2. The smallest absolute Gasteiger partial charge is 0.389 e. The van der Waals surface area contributed by atoms with E-state index >= 15 is 0 Å². The van der Waals surface area contributed by atoms with Gasteiger partial charge in [0, 0.05) is 6.42 Å². The van der Waals surface area contributed by atoms with Gasteiger partial charge in [0.25, 0.3) is 0 Å². The molecule has 0 fully saturated rings. The third-order valence-electron chi connectivity index (χ3n) is 2.15. The van der Waals surface area contributed by atoms with Crippen molar-refractivity contribution in [3.05, 3.63) is 0 Å². The first-order chi connectivity index (χ1) is 7.37. The molecule has 0 aromatic carbocycles. The van der Waals surface area contributed by atoms with Gasteiger partial charge in [-0.1, -0.05) is 13.3 Å². The zero-order valence-electron chi connectivity index (χ0n) is 9.31. The number of unbranched alkanes of at least 4 members (excludes halogenated alkanes) is 1. The predicted octanol–water partition coefficient (Wildman–Crippen LogP) is 2.56. The number of nitrogens with one attached hydrogen (secondary N) is 1. The average Bonchev–Trinajstić information content (AvgIpc) is 2.13. The summed E-state index contributed by atoms with van der Waals surface area (Å²) in [5.41, 5.74) is 0. The van der Waals surface area contributed by atoms with E-state index in [2.05, 4.69) is 5.32 Å². The monoisotopic (exact) mass is 241 g/mol. The Hall–Kier alpha value is -0.780. The van der Waals surface area contributed by atoms with E-state index in [9.17, 15) is 18.0 Å². The highest BCUT2D eigenvalue weighted by molar-refractivity contribution is 5.73. The van der Waals surface area contributed by atoms with Gasteiger partial charge >= 0.3 is 12.1 Å². The van der Waals surface area contributed by atoms with Gasteiger partial charge in [-0.2, -0.15) is 13.2 Å². The molecular formula is C10H18F3NO2. The van der Waals surface area contributed by atoms with Crippen LogP contribution in [-0.4, -0.2) is 29.8 Å². The van der Waals surface area contributed by atoms with E-state index < -0.39 is 24.6 Å². The molecule has 0 saturated carbocycles. The Balaban J connectivity index is 3.59. The number of alkyl halides is 3. The summed E-state index contributed by atoms with van der Waals surface area (Å²) in [5.74, 6) is -0.947. The fourth-order valence-corrected chi connectivity index (χ4v) is 1.33. The molecule has 0 saturated heterocycles.